The van der Waals surface area contributed by atoms with Gasteiger partial charge in [-0.1, -0.05) is 6.42 Å². The van der Waals surface area contributed by atoms with Crippen molar-refractivity contribution in [1.82, 2.24) is 9.78 Å². The molecule has 1 aromatic rings. The zero-order valence-corrected chi connectivity index (χ0v) is 10.7. The molecule has 0 N–H and O–H groups in total. The third-order valence-corrected chi connectivity index (χ3v) is 4.50. The van der Waals surface area contributed by atoms with Crippen molar-refractivity contribution < 1.29 is 0 Å². The summed E-state index contributed by atoms with van der Waals surface area (Å²) in [5, 5.41) is 4.09. The molecule has 0 aromatic carbocycles. The van der Waals surface area contributed by atoms with Crippen LogP contribution in [0.3, 0.4) is 0 Å². The maximum absolute atomic E-state index is 11.7. The lowest BCUT2D eigenvalue weighted by Crippen LogP contribution is -2.29. The van der Waals surface area contributed by atoms with Crippen molar-refractivity contribution in [2.75, 3.05) is 0 Å². The van der Waals surface area contributed by atoms with Gasteiger partial charge in [-0.3, -0.25) is 4.79 Å². The van der Waals surface area contributed by atoms with Gasteiger partial charge in [0.2, 0.25) is 0 Å². The molecule has 0 bridgehead atoms. The molecule has 14 heavy (non-hydrogen) atoms. The number of hydrogen-bond acceptors (Lipinski definition) is 2. The van der Waals surface area contributed by atoms with Gasteiger partial charge in [0.15, 0.2) is 0 Å². The van der Waals surface area contributed by atoms with Crippen LogP contribution in [0.5, 0.6) is 0 Å². The van der Waals surface area contributed by atoms with Crippen molar-refractivity contribution in [3.05, 3.63) is 25.5 Å². The van der Waals surface area contributed by atoms with Crippen LogP contribution in [0.4, 0.5) is 0 Å². The van der Waals surface area contributed by atoms with E-state index in [2.05, 4.69) is 37.0 Å². The molecule has 1 aliphatic carbocycles. The van der Waals surface area contributed by atoms with Crippen molar-refractivity contribution in [2.45, 2.75) is 25.8 Å². The van der Waals surface area contributed by atoms with Crippen LogP contribution in [0.2, 0.25) is 0 Å². The molecule has 0 radical (unpaired) electrons. The fourth-order valence-corrected chi connectivity index (χ4v) is 2.06. The molecule has 2 rings (SSSR count). The van der Waals surface area contributed by atoms with Crippen LogP contribution in [0.15, 0.2) is 19.9 Å². The van der Waals surface area contributed by atoms with E-state index in [4.69, 9.17) is 0 Å². The smallest absolute Gasteiger partial charge is 0.266 e. The fraction of sp³-hybridized carbons (Fsp3) is 0.556. The van der Waals surface area contributed by atoms with Crippen LogP contribution in [0.1, 0.15) is 19.3 Å². The van der Waals surface area contributed by atoms with Gasteiger partial charge in [-0.15, -0.1) is 0 Å². The van der Waals surface area contributed by atoms with Crippen LogP contribution in [-0.4, -0.2) is 9.78 Å². The predicted molar refractivity (Wildman–Crippen MR) is 61.2 cm³/mol. The number of aromatic nitrogens is 2. The zero-order chi connectivity index (χ0) is 10.1. The van der Waals surface area contributed by atoms with Crippen LogP contribution in [-0.2, 0) is 6.54 Å². The number of halogens is 2. The van der Waals surface area contributed by atoms with Gasteiger partial charge in [0.25, 0.3) is 5.56 Å². The lowest BCUT2D eigenvalue weighted by atomic mass is 9.85. The third-order valence-electron chi connectivity index (χ3n) is 2.60. The summed E-state index contributed by atoms with van der Waals surface area (Å²) in [5.41, 5.74) is -0.0497. The topological polar surface area (TPSA) is 34.9 Å². The molecular weight excluding hydrogens is 312 g/mol. The highest BCUT2D eigenvalue weighted by Gasteiger charge is 2.19. The minimum absolute atomic E-state index is 0.0497. The lowest BCUT2D eigenvalue weighted by molar-refractivity contribution is 0.261. The van der Waals surface area contributed by atoms with Gasteiger partial charge in [-0.2, -0.15) is 5.10 Å². The second kappa shape index (κ2) is 4.14. The van der Waals surface area contributed by atoms with Gasteiger partial charge in [0.1, 0.15) is 4.47 Å². The molecule has 0 saturated heterocycles. The first-order valence-corrected chi connectivity index (χ1v) is 6.18. The first kappa shape index (κ1) is 10.4. The highest BCUT2D eigenvalue weighted by molar-refractivity contribution is 9.13. The van der Waals surface area contributed by atoms with Gasteiger partial charge in [-0.25, -0.2) is 4.68 Å². The van der Waals surface area contributed by atoms with Gasteiger partial charge in [-0.05, 0) is 50.6 Å². The summed E-state index contributed by atoms with van der Waals surface area (Å²) < 4.78 is 2.82. The molecule has 76 valence electrons. The average molecular weight is 322 g/mol. The molecule has 0 spiro atoms. The molecule has 5 heteroatoms. The number of rotatable bonds is 2. The van der Waals surface area contributed by atoms with E-state index in [9.17, 15) is 4.79 Å². The predicted octanol–water partition coefficient (Wildman–Crippen LogP) is 2.57. The second-order valence-electron chi connectivity index (χ2n) is 3.59. The quantitative estimate of drug-likeness (QED) is 0.839. The Morgan fingerprint density at radius 3 is 2.79 bits per heavy atom. The normalized spacial score (nSPS) is 16.7. The SMILES string of the molecule is O=c1c(Br)c(Br)cnn1CC1CCC1. The molecule has 1 aromatic heterocycles. The summed E-state index contributed by atoms with van der Waals surface area (Å²) in [6.45, 7) is 0.755. The maximum Gasteiger partial charge on any atom is 0.282 e. The summed E-state index contributed by atoms with van der Waals surface area (Å²) in [4.78, 5) is 11.7. The number of nitrogens with zero attached hydrogens (tertiary/aromatic N) is 2. The van der Waals surface area contributed by atoms with Gasteiger partial charge >= 0.3 is 0 Å². The van der Waals surface area contributed by atoms with E-state index in [1.807, 2.05) is 0 Å². The Labute approximate surface area is 98.8 Å². The Bertz CT molecular complexity index is 398. The van der Waals surface area contributed by atoms with E-state index in [-0.39, 0.29) is 5.56 Å². The zero-order valence-electron chi connectivity index (χ0n) is 7.54. The van der Waals surface area contributed by atoms with E-state index in [1.54, 1.807) is 10.9 Å². The molecular formula is C9H10Br2N2O. The minimum Gasteiger partial charge on any atom is -0.266 e. The van der Waals surface area contributed by atoms with E-state index < -0.39 is 0 Å². The standard InChI is InChI=1S/C9H10Br2N2O/c10-7-4-12-13(9(14)8(7)11)5-6-2-1-3-6/h4,6H,1-3,5H2. The van der Waals surface area contributed by atoms with E-state index >= 15 is 0 Å². The highest BCUT2D eigenvalue weighted by Crippen LogP contribution is 2.27. The van der Waals surface area contributed by atoms with E-state index in [0.29, 0.717) is 14.9 Å². The van der Waals surface area contributed by atoms with Crippen LogP contribution >= 0.6 is 31.9 Å². The second-order valence-corrected chi connectivity index (χ2v) is 5.24. The molecule has 0 atom stereocenters. The van der Waals surface area contributed by atoms with Crippen LogP contribution < -0.4 is 5.56 Å². The summed E-state index contributed by atoms with van der Waals surface area (Å²) in [7, 11) is 0. The van der Waals surface area contributed by atoms with Crippen molar-refractivity contribution >= 4 is 31.9 Å². The molecule has 1 fully saturated rings. The van der Waals surface area contributed by atoms with Gasteiger partial charge < -0.3 is 0 Å². The minimum atomic E-state index is -0.0497. The maximum atomic E-state index is 11.7. The van der Waals surface area contributed by atoms with E-state index in [1.165, 1.54) is 19.3 Å². The Balaban J connectivity index is 2.25. The van der Waals surface area contributed by atoms with Crippen LogP contribution in [0.25, 0.3) is 0 Å². The summed E-state index contributed by atoms with van der Waals surface area (Å²) >= 11 is 6.49. The van der Waals surface area contributed by atoms with Gasteiger partial charge in [0.05, 0.1) is 10.7 Å². The summed E-state index contributed by atoms with van der Waals surface area (Å²) in [6, 6.07) is 0. The third kappa shape index (κ3) is 1.93. The Morgan fingerprint density at radius 2 is 2.21 bits per heavy atom. The first-order valence-electron chi connectivity index (χ1n) is 4.59. The van der Waals surface area contributed by atoms with Gasteiger partial charge in [0, 0.05) is 6.54 Å². The molecule has 0 unspecified atom stereocenters. The first-order chi connectivity index (χ1) is 6.68. The highest BCUT2D eigenvalue weighted by atomic mass is 79.9. The van der Waals surface area contributed by atoms with Crippen LogP contribution in [0, 0.1) is 5.92 Å². The molecule has 1 heterocycles. The number of hydrogen-bond donors (Lipinski definition) is 0. The average Bonchev–Trinajstić information content (AvgIpc) is 2.10. The molecule has 0 amide bonds. The fourth-order valence-electron chi connectivity index (χ4n) is 1.49. The van der Waals surface area contributed by atoms with Crippen molar-refractivity contribution in [2.24, 2.45) is 5.92 Å². The Hall–Kier alpha value is -0.160. The lowest BCUT2D eigenvalue weighted by Gasteiger charge is -2.25. The molecule has 0 aliphatic heterocycles. The molecule has 1 aliphatic rings. The Kier molecular flexibility index (Phi) is 3.07. The Morgan fingerprint density at radius 1 is 1.50 bits per heavy atom. The molecule has 3 nitrogen and oxygen atoms in total. The monoisotopic (exact) mass is 320 g/mol. The summed E-state index contributed by atoms with van der Waals surface area (Å²) in [5.74, 6) is 0.647. The van der Waals surface area contributed by atoms with Crippen molar-refractivity contribution in [3.63, 3.8) is 0 Å². The van der Waals surface area contributed by atoms with Crippen molar-refractivity contribution in [1.29, 1.82) is 0 Å². The largest absolute Gasteiger partial charge is 0.282 e. The van der Waals surface area contributed by atoms with Crippen molar-refractivity contribution in [3.8, 4) is 0 Å². The molecule has 1 saturated carbocycles. The summed E-state index contributed by atoms with van der Waals surface area (Å²) in [6.07, 6.45) is 5.39. The van der Waals surface area contributed by atoms with E-state index in [0.717, 1.165) is 6.54 Å².